The van der Waals surface area contributed by atoms with Crippen LogP contribution in [-0.2, 0) is 12.6 Å². The number of hydrogen-bond donors (Lipinski definition) is 0. The fourth-order valence-corrected chi connectivity index (χ4v) is 2.18. The van der Waals surface area contributed by atoms with Crippen molar-refractivity contribution in [2.24, 2.45) is 0 Å². The van der Waals surface area contributed by atoms with Gasteiger partial charge in [0.2, 0.25) is 0 Å². The van der Waals surface area contributed by atoms with E-state index in [1.807, 2.05) is 6.92 Å². The Hall–Kier alpha value is -1.62. The summed E-state index contributed by atoms with van der Waals surface area (Å²) < 4.78 is 38.3. The van der Waals surface area contributed by atoms with Crippen molar-refractivity contribution >= 4 is 11.6 Å². The first-order valence-electron chi connectivity index (χ1n) is 6.10. The molecule has 0 N–H and O–H groups in total. The minimum atomic E-state index is -4.38. The van der Waals surface area contributed by atoms with Crippen LogP contribution >= 0.6 is 11.6 Å². The average molecular weight is 301 g/mol. The third-order valence-corrected chi connectivity index (χ3v) is 3.18. The standard InChI is InChI=1S/C14H12ClF3N2/c1-2-4-11-12(19-8-20-13(11)15)9-5-3-6-10(7-9)14(16,17)18/h3,5-8H,2,4H2,1H3. The van der Waals surface area contributed by atoms with Gasteiger partial charge in [0, 0.05) is 11.1 Å². The van der Waals surface area contributed by atoms with Crippen LogP contribution in [0.2, 0.25) is 5.15 Å². The first kappa shape index (κ1) is 14.8. The highest BCUT2D eigenvalue weighted by Crippen LogP contribution is 2.33. The van der Waals surface area contributed by atoms with Crippen LogP contribution in [0.4, 0.5) is 13.2 Å². The number of halogens is 4. The zero-order chi connectivity index (χ0) is 14.8. The number of alkyl halides is 3. The SMILES string of the molecule is CCCc1c(Cl)ncnc1-c1cccc(C(F)(F)F)c1. The van der Waals surface area contributed by atoms with Crippen LogP contribution in [0, 0.1) is 0 Å². The predicted molar refractivity (Wildman–Crippen MR) is 71.5 cm³/mol. The Balaban J connectivity index is 2.54. The Morgan fingerprint density at radius 2 is 1.95 bits per heavy atom. The smallest absolute Gasteiger partial charge is 0.236 e. The highest BCUT2D eigenvalue weighted by Gasteiger charge is 2.30. The molecular formula is C14H12ClF3N2. The monoisotopic (exact) mass is 300 g/mol. The predicted octanol–water partition coefficient (Wildman–Crippen LogP) is 4.77. The van der Waals surface area contributed by atoms with Crippen molar-refractivity contribution in [2.75, 3.05) is 0 Å². The van der Waals surface area contributed by atoms with Crippen molar-refractivity contribution in [1.82, 2.24) is 9.97 Å². The molecule has 1 heterocycles. The van der Waals surface area contributed by atoms with Crippen molar-refractivity contribution in [3.05, 3.63) is 46.9 Å². The molecule has 106 valence electrons. The van der Waals surface area contributed by atoms with Crippen molar-refractivity contribution < 1.29 is 13.2 Å². The maximum absolute atomic E-state index is 12.8. The van der Waals surface area contributed by atoms with Crippen LogP contribution in [0.15, 0.2) is 30.6 Å². The van der Waals surface area contributed by atoms with Crippen molar-refractivity contribution in [2.45, 2.75) is 25.9 Å². The minimum Gasteiger partial charge on any atom is -0.236 e. The van der Waals surface area contributed by atoms with Gasteiger partial charge in [0.1, 0.15) is 11.5 Å². The van der Waals surface area contributed by atoms with E-state index in [0.717, 1.165) is 18.6 Å². The van der Waals surface area contributed by atoms with E-state index >= 15 is 0 Å². The molecule has 0 spiro atoms. The van der Waals surface area contributed by atoms with Gasteiger partial charge in [-0.3, -0.25) is 0 Å². The summed E-state index contributed by atoms with van der Waals surface area (Å²) in [4.78, 5) is 7.98. The molecule has 0 saturated carbocycles. The fraction of sp³-hybridized carbons (Fsp3) is 0.286. The summed E-state index contributed by atoms with van der Waals surface area (Å²) in [6.45, 7) is 1.96. The van der Waals surface area contributed by atoms with Crippen LogP contribution in [0.1, 0.15) is 24.5 Å². The van der Waals surface area contributed by atoms with E-state index in [9.17, 15) is 13.2 Å². The molecule has 2 rings (SSSR count). The Kier molecular flexibility index (Phi) is 4.28. The highest BCUT2D eigenvalue weighted by atomic mass is 35.5. The van der Waals surface area contributed by atoms with Crippen LogP contribution in [0.5, 0.6) is 0 Å². The molecule has 0 bridgehead atoms. The molecule has 0 amide bonds. The molecule has 2 nitrogen and oxygen atoms in total. The van der Waals surface area contributed by atoms with Gasteiger partial charge in [0.15, 0.2) is 0 Å². The fourth-order valence-electron chi connectivity index (χ4n) is 1.95. The second-order valence-electron chi connectivity index (χ2n) is 4.32. The number of hydrogen-bond acceptors (Lipinski definition) is 2. The van der Waals surface area contributed by atoms with Gasteiger partial charge in [-0.2, -0.15) is 13.2 Å². The lowest BCUT2D eigenvalue weighted by atomic mass is 10.0. The molecule has 0 fully saturated rings. The summed E-state index contributed by atoms with van der Waals surface area (Å²) in [5.74, 6) is 0. The Bertz CT molecular complexity index is 612. The van der Waals surface area contributed by atoms with Gasteiger partial charge in [-0.15, -0.1) is 0 Å². The second kappa shape index (κ2) is 5.79. The van der Waals surface area contributed by atoms with Crippen LogP contribution in [-0.4, -0.2) is 9.97 Å². The average Bonchev–Trinajstić information content (AvgIpc) is 2.40. The van der Waals surface area contributed by atoms with Crippen LogP contribution in [0.3, 0.4) is 0 Å². The first-order valence-corrected chi connectivity index (χ1v) is 6.48. The van der Waals surface area contributed by atoms with Gasteiger partial charge >= 0.3 is 6.18 Å². The Morgan fingerprint density at radius 3 is 2.60 bits per heavy atom. The van der Waals surface area contributed by atoms with E-state index in [1.165, 1.54) is 12.4 Å². The van der Waals surface area contributed by atoms with Gasteiger partial charge < -0.3 is 0 Å². The van der Waals surface area contributed by atoms with E-state index in [0.29, 0.717) is 23.2 Å². The summed E-state index contributed by atoms with van der Waals surface area (Å²) >= 11 is 6.01. The molecule has 20 heavy (non-hydrogen) atoms. The lowest BCUT2D eigenvalue weighted by molar-refractivity contribution is -0.137. The molecule has 0 saturated heterocycles. The highest BCUT2D eigenvalue weighted by molar-refractivity contribution is 6.30. The second-order valence-corrected chi connectivity index (χ2v) is 4.68. The summed E-state index contributed by atoms with van der Waals surface area (Å²) in [6.07, 6.45) is -1.70. The first-order chi connectivity index (χ1) is 9.43. The maximum atomic E-state index is 12.8. The molecule has 0 aliphatic rings. The topological polar surface area (TPSA) is 25.8 Å². The van der Waals surface area contributed by atoms with E-state index in [1.54, 1.807) is 6.07 Å². The summed E-state index contributed by atoms with van der Waals surface area (Å²) in [6, 6.07) is 5.07. The summed E-state index contributed by atoms with van der Waals surface area (Å²) in [5.41, 5.74) is 0.827. The summed E-state index contributed by atoms with van der Waals surface area (Å²) in [7, 11) is 0. The third kappa shape index (κ3) is 3.10. The van der Waals surface area contributed by atoms with Crippen LogP contribution < -0.4 is 0 Å². The van der Waals surface area contributed by atoms with Gasteiger partial charge in [-0.1, -0.05) is 37.1 Å². The minimum absolute atomic E-state index is 0.286. The number of rotatable bonds is 3. The van der Waals surface area contributed by atoms with Crippen LogP contribution in [0.25, 0.3) is 11.3 Å². The largest absolute Gasteiger partial charge is 0.416 e. The van der Waals surface area contributed by atoms with Gasteiger partial charge in [-0.05, 0) is 18.6 Å². The number of benzene rings is 1. The molecule has 0 radical (unpaired) electrons. The molecule has 0 aliphatic heterocycles. The van der Waals surface area contributed by atoms with Crippen molar-refractivity contribution in [3.8, 4) is 11.3 Å². The number of nitrogens with zero attached hydrogens (tertiary/aromatic N) is 2. The third-order valence-electron chi connectivity index (χ3n) is 2.86. The lowest BCUT2D eigenvalue weighted by Gasteiger charge is -2.11. The molecule has 0 aliphatic carbocycles. The van der Waals surface area contributed by atoms with E-state index < -0.39 is 11.7 Å². The maximum Gasteiger partial charge on any atom is 0.416 e. The molecular weight excluding hydrogens is 289 g/mol. The molecule has 1 aromatic heterocycles. The quantitative estimate of drug-likeness (QED) is 0.763. The normalized spacial score (nSPS) is 11.7. The molecule has 1 aromatic carbocycles. The van der Waals surface area contributed by atoms with E-state index in [2.05, 4.69) is 9.97 Å². The lowest BCUT2D eigenvalue weighted by Crippen LogP contribution is -2.05. The summed E-state index contributed by atoms with van der Waals surface area (Å²) in [5, 5.41) is 0.286. The van der Waals surface area contributed by atoms with Crippen molar-refractivity contribution in [1.29, 1.82) is 0 Å². The van der Waals surface area contributed by atoms with Gasteiger partial charge in [-0.25, -0.2) is 9.97 Å². The Morgan fingerprint density at radius 1 is 1.20 bits per heavy atom. The molecule has 6 heteroatoms. The van der Waals surface area contributed by atoms with E-state index in [-0.39, 0.29) is 5.15 Å². The zero-order valence-electron chi connectivity index (χ0n) is 10.7. The number of aromatic nitrogens is 2. The Labute approximate surface area is 119 Å². The van der Waals surface area contributed by atoms with Gasteiger partial charge in [0.25, 0.3) is 0 Å². The molecule has 0 atom stereocenters. The van der Waals surface area contributed by atoms with Crippen molar-refractivity contribution in [3.63, 3.8) is 0 Å². The van der Waals surface area contributed by atoms with E-state index in [4.69, 9.17) is 11.6 Å². The molecule has 0 unspecified atom stereocenters. The van der Waals surface area contributed by atoms with Gasteiger partial charge in [0.05, 0.1) is 11.3 Å². The molecule has 2 aromatic rings. The zero-order valence-corrected chi connectivity index (χ0v) is 11.5.